The molecule has 1 heterocycles. The summed E-state index contributed by atoms with van der Waals surface area (Å²) in [5.74, 6) is 1.10. The molecule has 1 saturated carbocycles. The molecule has 0 bridgehead atoms. The van der Waals surface area contributed by atoms with E-state index >= 15 is 0 Å². The van der Waals surface area contributed by atoms with Gasteiger partial charge in [-0.25, -0.2) is 0 Å². The average molecular weight is 410 g/mol. The minimum Gasteiger partial charge on any atom is -0.376 e. The molecule has 1 saturated heterocycles. The van der Waals surface area contributed by atoms with E-state index in [0.29, 0.717) is 35.3 Å². The Hall–Kier alpha value is -2.63. The van der Waals surface area contributed by atoms with Crippen molar-refractivity contribution < 1.29 is 4.79 Å². The van der Waals surface area contributed by atoms with Gasteiger partial charge in [0.05, 0.1) is 0 Å². The van der Waals surface area contributed by atoms with E-state index in [2.05, 4.69) is 24.5 Å². The van der Waals surface area contributed by atoms with Crippen LogP contribution in [0.3, 0.4) is 0 Å². The first-order valence-electron chi connectivity index (χ1n) is 11.2. The second kappa shape index (κ2) is 8.62. The number of amides is 1. The van der Waals surface area contributed by atoms with E-state index in [0.717, 1.165) is 44.3 Å². The highest BCUT2D eigenvalue weighted by molar-refractivity contribution is 5.94. The number of hydrogen-bond acceptors (Lipinski definition) is 5. The lowest BCUT2D eigenvalue weighted by molar-refractivity contribution is 0.0891. The second-order valence-corrected chi connectivity index (χ2v) is 8.97. The van der Waals surface area contributed by atoms with Crippen LogP contribution in [0.5, 0.6) is 0 Å². The van der Waals surface area contributed by atoms with Gasteiger partial charge >= 0.3 is 0 Å². The first-order valence-corrected chi connectivity index (χ1v) is 11.2. The lowest BCUT2D eigenvalue weighted by Gasteiger charge is -2.34. The van der Waals surface area contributed by atoms with Gasteiger partial charge < -0.3 is 15.5 Å². The van der Waals surface area contributed by atoms with Gasteiger partial charge in [-0.15, -0.1) is 0 Å². The van der Waals surface area contributed by atoms with Crippen LogP contribution in [0.25, 0.3) is 0 Å². The van der Waals surface area contributed by atoms with E-state index in [4.69, 9.17) is 0 Å². The molecule has 6 nitrogen and oxygen atoms in total. The fourth-order valence-electron chi connectivity index (χ4n) is 4.79. The van der Waals surface area contributed by atoms with E-state index in [9.17, 15) is 14.4 Å². The number of nitrogens with one attached hydrogen (secondary N) is 2. The summed E-state index contributed by atoms with van der Waals surface area (Å²) in [6, 6.07) is 7.69. The van der Waals surface area contributed by atoms with Crippen LogP contribution in [0.1, 0.15) is 61.9 Å². The van der Waals surface area contributed by atoms with Gasteiger partial charge in [-0.2, -0.15) is 0 Å². The van der Waals surface area contributed by atoms with Gasteiger partial charge in [0, 0.05) is 31.2 Å². The third-order valence-electron chi connectivity index (χ3n) is 7.02. The van der Waals surface area contributed by atoms with Crippen LogP contribution in [0.4, 0.5) is 11.4 Å². The molecule has 3 atom stereocenters. The van der Waals surface area contributed by atoms with Gasteiger partial charge in [-0.3, -0.25) is 14.4 Å². The zero-order valence-electron chi connectivity index (χ0n) is 17.9. The molecule has 2 aromatic carbocycles. The molecule has 0 radical (unpaired) electrons. The van der Waals surface area contributed by atoms with Crippen molar-refractivity contribution in [3.8, 4) is 0 Å². The molecule has 2 fully saturated rings. The summed E-state index contributed by atoms with van der Waals surface area (Å²) >= 11 is 0. The predicted molar refractivity (Wildman–Crippen MR) is 120 cm³/mol. The third kappa shape index (κ3) is 4.00. The Morgan fingerprint density at radius 1 is 1.00 bits per heavy atom. The maximum atomic E-state index is 12.6. The smallest absolute Gasteiger partial charge is 0.253 e. The SMILES string of the molecule is C[C@H]1[C@H](C)CCC[C@H]1NC(=O)c1ccc(CNc2c(N3CCCC3)c(=O)c2=O)cc1. The minimum absolute atomic E-state index is 0.0285. The highest BCUT2D eigenvalue weighted by Gasteiger charge is 2.29. The summed E-state index contributed by atoms with van der Waals surface area (Å²) < 4.78 is 0. The van der Waals surface area contributed by atoms with Crippen molar-refractivity contribution in [1.82, 2.24) is 5.32 Å². The van der Waals surface area contributed by atoms with Crippen LogP contribution in [-0.2, 0) is 6.54 Å². The number of rotatable bonds is 6. The normalized spacial score (nSPS) is 24.2. The Bertz CT molecular complexity index is 969. The van der Waals surface area contributed by atoms with Crippen LogP contribution in [0, 0.1) is 11.8 Å². The van der Waals surface area contributed by atoms with Crippen LogP contribution in [0.15, 0.2) is 33.9 Å². The van der Waals surface area contributed by atoms with Crippen molar-refractivity contribution in [2.45, 2.75) is 58.5 Å². The molecule has 4 rings (SSSR count). The number of anilines is 2. The van der Waals surface area contributed by atoms with Crippen molar-refractivity contribution in [2.24, 2.45) is 11.8 Å². The molecule has 0 spiro atoms. The van der Waals surface area contributed by atoms with Gasteiger partial charge in [-0.1, -0.05) is 38.8 Å². The molecule has 2 aromatic rings. The van der Waals surface area contributed by atoms with E-state index < -0.39 is 5.43 Å². The molecule has 0 unspecified atom stereocenters. The van der Waals surface area contributed by atoms with Gasteiger partial charge in [-0.05, 0) is 48.8 Å². The zero-order valence-corrected chi connectivity index (χ0v) is 17.9. The molecule has 2 N–H and O–H groups in total. The highest BCUT2D eigenvalue weighted by Crippen LogP contribution is 2.29. The fourth-order valence-corrected chi connectivity index (χ4v) is 4.79. The number of carbonyl (C=O) groups excluding carboxylic acids is 1. The molecule has 2 aliphatic rings. The summed E-state index contributed by atoms with van der Waals surface area (Å²) in [7, 11) is 0. The second-order valence-electron chi connectivity index (χ2n) is 8.97. The van der Waals surface area contributed by atoms with Gasteiger partial charge in [0.25, 0.3) is 16.8 Å². The molecule has 6 heteroatoms. The summed E-state index contributed by atoms with van der Waals surface area (Å²) in [6.07, 6.45) is 5.55. The topological polar surface area (TPSA) is 78.5 Å². The van der Waals surface area contributed by atoms with E-state index in [1.54, 1.807) is 0 Å². The van der Waals surface area contributed by atoms with E-state index in [1.807, 2.05) is 29.2 Å². The lowest BCUT2D eigenvalue weighted by atomic mass is 9.78. The molecule has 30 heavy (non-hydrogen) atoms. The quantitative estimate of drug-likeness (QED) is 0.717. The van der Waals surface area contributed by atoms with Crippen molar-refractivity contribution in [1.29, 1.82) is 0 Å². The number of carbonyl (C=O) groups is 1. The average Bonchev–Trinajstić information content (AvgIpc) is 3.27. The molecule has 1 amide bonds. The number of nitrogens with zero attached hydrogens (tertiary/aromatic N) is 1. The van der Waals surface area contributed by atoms with Crippen LogP contribution in [0.2, 0.25) is 0 Å². The first-order chi connectivity index (χ1) is 14.5. The van der Waals surface area contributed by atoms with Crippen molar-refractivity contribution in [2.75, 3.05) is 23.3 Å². The van der Waals surface area contributed by atoms with Gasteiger partial charge in [0.15, 0.2) is 0 Å². The maximum Gasteiger partial charge on any atom is 0.253 e. The fraction of sp³-hybridized carbons (Fsp3) is 0.542. The van der Waals surface area contributed by atoms with Gasteiger partial charge in [0.2, 0.25) is 0 Å². The summed E-state index contributed by atoms with van der Waals surface area (Å²) in [6.45, 7) is 6.60. The molecular formula is C24H31N3O3. The van der Waals surface area contributed by atoms with Crippen LogP contribution < -0.4 is 26.4 Å². The first kappa shape index (κ1) is 20.6. The molecule has 160 valence electrons. The number of hydrogen-bond donors (Lipinski definition) is 2. The predicted octanol–water partition coefficient (Wildman–Crippen LogP) is 3.05. The molecular weight excluding hydrogens is 378 g/mol. The third-order valence-corrected chi connectivity index (χ3v) is 7.02. The summed E-state index contributed by atoms with van der Waals surface area (Å²) in [5.41, 5.74) is 1.79. The summed E-state index contributed by atoms with van der Waals surface area (Å²) in [4.78, 5) is 38.6. The lowest BCUT2D eigenvalue weighted by Crippen LogP contribution is -2.43. The largest absolute Gasteiger partial charge is 0.376 e. The Labute approximate surface area is 177 Å². The maximum absolute atomic E-state index is 12.6. The Morgan fingerprint density at radius 2 is 1.70 bits per heavy atom. The Kier molecular flexibility index (Phi) is 5.93. The molecule has 1 aliphatic heterocycles. The van der Waals surface area contributed by atoms with Crippen molar-refractivity contribution in [3.05, 3.63) is 55.8 Å². The minimum atomic E-state index is -0.427. The zero-order chi connectivity index (χ0) is 21.3. The highest BCUT2D eigenvalue weighted by atomic mass is 16.2. The monoisotopic (exact) mass is 409 g/mol. The van der Waals surface area contributed by atoms with E-state index in [1.165, 1.54) is 6.42 Å². The Balaban J connectivity index is 1.35. The van der Waals surface area contributed by atoms with Crippen LogP contribution >= 0.6 is 0 Å². The summed E-state index contributed by atoms with van der Waals surface area (Å²) in [5, 5.41) is 6.34. The standard InChI is InChI=1S/C24H31N3O3/c1-15-6-5-7-19(16(15)2)26-24(30)18-10-8-17(9-11-18)14-25-20-21(23(29)22(20)28)27-12-3-4-13-27/h8-11,15-16,19,25H,3-7,12-14H2,1-2H3,(H,26,30)/t15-,16+,19-/m1/s1. The van der Waals surface area contributed by atoms with Crippen molar-refractivity contribution in [3.63, 3.8) is 0 Å². The molecule has 1 aliphatic carbocycles. The number of benzene rings is 1. The molecule has 0 aromatic heterocycles. The van der Waals surface area contributed by atoms with E-state index in [-0.39, 0.29) is 17.4 Å². The van der Waals surface area contributed by atoms with Crippen LogP contribution in [-0.4, -0.2) is 25.0 Å². The Morgan fingerprint density at radius 3 is 2.40 bits per heavy atom. The van der Waals surface area contributed by atoms with Crippen molar-refractivity contribution >= 4 is 17.3 Å². The van der Waals surface area contributed by atoms with Gasteiger partial charge in [0.1, 0.15) is 11.4 Å².